The van der Waals surface area contributed by atoms with E-state index in [1.54, 1.807) is 6.92 Å². The first-order chi connectivity index (χ1) is 4.55. The number of halogens is 1. The fourth-order valence-corrected chi connectivity index (χ4v) is 1.43. The molecular formula is C7H9BrO2. The molecule has 0 bridgehead atoms. The van der Waals surface area contributed by atoms with Crippen molar-refractivity contribution in [1.29, 1.82) is 0 Å². The molecule has 3 heteroatoms. The van der Waals surface area contributed by atoms with Gasteiger partial charge in [-0.2, -0.15) is 0 Å². The second-order valence-electron chi connectivity index (χ2n) is 2.70. The second kappa shape index (κ2) is 2.46. The van der Waals surface area contributed by atoms with Crippen molar-refractivity contribution < 1.29 is 9.59 Å². The van der Waals surface area contributed by atoms with Crippen molar-refractivity contribution in [2.24, 2.45) is 0 Å². The Balaban J connectivity index is 2.83. The van der Waals surface area contributed by atoms with Crippen LogP contribution < -0.4 is 0 Å². The maximum absolute atomic E-state index is 11.1. The minimum absolute atomic E-state index is 0.0174. The van der Waals surface area contributed by atoms with Crippen LogP contribution in [0.15, 0.2) is 0 Å². The van der Waals surface area contributed by atoms with E-state index in [4.69, 9.17) is 0 Å². The van der Waals surface area contributed by atoms with E-state index < -0.39 is 4.32 Å². The molecular weight excluding hydrogens is 196 g/mol. The average Bonchev–Trinajstić information content (AvgIpc) is 1.84. The molecule has 0 heterocycles. The van der Waals surface area contributed by atoms with Crippen molar-refractivity contribution in [1.82, 2.24) is 0 Å². The molecule has 0 aliphatic heterocycles. The van der Waals surface area contributed by atoms with Gasteiger partial charge in [-0.25, -0.2) is 0 Å². The predicted molar refractivity (Wildman–Crippen MR) is 41.2 cm³/mol. The summed E-state index contributed by atoms with van der Waals surface area (Å²) in [6.07, 6.45) is 1.79. The monoisotopic (exact) mass is 204 g/mol. The Bertz CT molecular complexity index is 166. The van der Waals surface area contributed by atoms with Crippen molar-refractivity contribution in [3.63, 3.8) is 0 Å². The minimum atomic E-state index is -0.870. The third-order valence-electron chi connectivity index (χ3n) is 1.85. The molecule has 2 nitrogen and oxygen atoms in total. The molecule has 1 rings (SSSR count). The number of carbonyl (C=O) groups is 2. The van der Waals surface area contributed by atoms with E-state index in [-0.39, 0.29) is 11.6 Å². The maximum Gasteiger partial charge on any atom is 0.156 e. The largest absolute Gasteiger partial charge is 0.298 e. The summed E-state index contributed by atoms with van der Waals surface area (Å²) >= 11 is 3.12. The van der Waals surface area contributed by atoms with Crippen LogP contribution in [0.4, 0.5) is 0 Å². The Morgan fingerprint density at radius 2 is 1.70 bits per heavy atom. The summed E-state index contributed by atoms with van der Waals surface area (Å²) in [7, 11) is 0. The highest BCUT2D eigenvalue weighted by Crippen LogP contribution is 2.28. The standard InChI is InChI=1S/C7H9BrO2/c1-7(8)5(9)3-2-4-6(7)10/h2-4H2,1H3. The first kappa shape index (κ1) is 7.92. The van der Waals surface area contributed by atoms with Gasteiger partial charge in [0, 0.05) is 12.8 Å². The molecule has 1 aliphatic carbocycles. The van der Waals surface area contributed by atoms with Crippen LogP contribution in [0.3, 0.4) is 0 Å². The lowest BCUT2D eigenvalue weighted by Gasteiger charge is -2.23. The Morgan fingerprint density at radius 1 is 1.30 bits per heavy atom. The fourth-order valence-electron chi connectivity index (χ4n) is 1.03. The SMILES string of the molecule is CC1(Br)C(=O)CCCC1=O. The van der Waals surface area contributed by atoms with Gasteiger partial charge >= 0.3 is 0 Å². The molecule has 1 fully saturated rings. The Labute approximate surface area is 68.1 Å². The van der Waals surface area contributed by atoms with E-state index in [2.05, 4.69) is 15.9 Å². The van der Waals surface area contributed by atoms with E-state index in [9.17, 15) is 9.59 Å². The fraction of sp³-hybridized carbons (Fsp3) is 0.714. The van der Waals surface area contributed by atoms with Gasteiger partial charge in [0.2, 0.25) is 0 Å². The molecule has 0 amide bonds. The smallest absolute Gasteiger partial charge is 0.156 e. The second-order valence-corrected chi connectivity index (χ2v) is 4.29. The number of hydrogen-bond donors (Lipinski definition) is 0. The lowest BCUT2D eigenvalue weighted by Crippen LogP contribution is -2.40. The van der Waals surface area contributed by atoms with Crippen molar-refractivity contribution >= 4 is 27.5 Å². The molecule has 1 saturated carbocycles. The summed E-state index contributed by atoms with van der Waals surface area (Å²) in [6, 6.07) is 0. The van der Waals surface area contributed by atoms with Gasteiger partial charge in [0.05, 0.1) is 0 Å². The molecule has 1 aliphatic rings. The molecule has 56 valence electrons. The molecule has 0 aromatic heterocycles. The zero-order valence-electron chi connectivity index (χ0n) is 5.82. The van der Waals surface area contributed by atoms with Gasteiger partial charge in [-0.15, -0.1) is 0 Å². The van der Waals surface area contributed by atoms with E-state index >= 15 is 0 Å². The van der Waals surface area contributed by atoms with E-state index in [1.165, 1.54) is 0 Å². The third kappa shape index (κ3) is 1.15. The number of carbonyl (C=O) groups excluding carboxylic acids is 2. The first-order valence-corrected chi connectivity index (χ1v) is 4.10. The Morgan fingerprint density at radius 3 is 2.00 bits per heavy atom. The van der Waals surface area contributed by atoms with Crippen molar-refractivity contribution in [2.45, 2.75) is 30.5 Å². The predicted octanol–water partition coefficient (Wildman–Crippen LogP) is 1.46. The quantitative estimate of drug-likeness (QED) is 0.443. The van der Waals surface area contributed by atoms with Gasteiger partial charge in [0.15, 0.2) is 11.6 Å². The minimum Gasteiger partial charge on any atom is -0.298 e. The van der Waals surface area contributed by atoms with Crippen LogP contribution in [0.2, 0.25) is 0 Å². The van der Waals surface area contributed by atoms with Gasteiger partial charge in [-0.3, -0.25) is 9.59 Å². The third-order valence-corrected chi connectivity index (χ3v) is 2.74. The van der Waals surface area contributed by atoms with E-state index in [0.717, 1.165) is 6.42 Å². The molecule has 0 unspecified atom stereocenters. The number of rotatable bonds is 0. The molecule has 0 saturated heterocycles. The van der Waals surface area contributed by atoms with E-state index in [1.807, 2.05) is 0 Å². The molecule has 0 atom stereocenters. The number of Topliss-reactive ketones (excluding diaryl/α,β-unsaturated/α-hetero) is 2. The topological polar surface area (TPSA) is 34.1 Å². The first-order valence-electron chi connectivity index (χ1n) is 3.30. The summed E-state index contributed by atoms with van der Waals surface area (Å²) in [5.74, 6) is 0.0347. The van der Waals surface area contributed by atoms with Crippen LogP contribution in [-0.2, 0) is 9.59 Å². The van der Waals surface area contributed by atoms with Crippen LogP contribution in [0.1, 0.15) is 26.2 Å². The van der Waals surface area contributed by atoms with E-state index in [0.29, 0.717) is 12.8 Å². The van der Waals surface area contributed by atoms with Crippen LogP contribution in [0, 0.1) is 0 Å². The van der Waals surface area contributed by atoms with Gasteiger partial charge in [0.25, 0.3) is 0 Å². The number of alkyl halides is 1. The summed E-state index contributed by atoms with van der Waals surface area (Å²) in [5.41, 5.74) is 0. The maximum atomic E-state index is 11.1. The van der Waals surface area contributed by atoms with Gasteiger partial charge in [0.1, 0.15) is 4.32 Å². The molecule has 0 N–H and O–H groups in total. The molecule has 0 radical (unpaired) electrons. The van der Waals surface area contributed by atoms with Crippen LogP contribution >= 0.6 is 15.9 Å². The van der Waals surface area contributed by atoms with Crippen LogP contribution in [0.5, 0.6) is 0 Å². The summed E-state index contributed by atoms with van der Waals surface area (Å²) < 4.78 is -0.870. The Hall–Kier alpha value is -0.180. The van der Waals surface area contributed by atoms with Crippen molar-refractivity contribution in [2.75, 3.05) is 0 Å². The Kier molecular flexibility index (Phi) is 1.95. The normalized spacial score (nSPS) is 25.0. The van der Waals surface area contributed by atoms with Crippen LogP contribution in [-0.4, -0.2) is 15.9 Å². The molecule has 10 heavy (non-hydrogen) atoms. The van der Waals surface area contributed by atoms with Crippen molar-refractivity contribution in [3.05, 3.63) is 0 Å². The summed E-state index contributed by atoms with van der Waals surface area (Å²) in [4.78, 5) is 22.1. The van der Waals surface area contributed by atoms with Gasteiger partial charge in [-0.05, 0) is 13.3 Å². The summed E-state index contributed by atoms with van der Waals surface area (Å²) in [5, 5.41) is 0. The summed E-state index contributed by atoms with van der Waals surface area (Å²) in [6.45, 7) is 1.64. The molecule has 0 spiro atoms. The van der Waals surface area contributed by atoms with Crippen molar-refractivity contribution in [3.8, 4) is 0 Å². The molecule has 0 aromatic rings. The average molecular weight is 205 g/mol. The highest BCUT2D eigenvalue weighted by molar-refractivity contribution is 9.10. The van der Waals surface area contributed by atoms with Gasteiger partial charge in [-0.1, -0.05) is 15.9 Å². The molecule has 0 aromatic carbocycles. The highest BCUT2D eigenvalue weighted by Gasteiger charge is 2.39. The zero-order valence-corrected chi connectivity index (χ0v) is 7.40. The highest BCUT2D eigenvalue weighted by atomic mass is 79.9. The zero-order chi connectivity index (χ0) is 7.78. The van der Waals surface area contributed by atoms with Crippen LogP contribution in [0.25, 0.3) is 0 Å². The number of hydrogen-bond acceptors (Lipinski definition) is 2. The van der Waals surface area contributed by atoms with Gasteiger partial charge < -0.3 is 0 Å². The lowest BCUT2D eigenvalue weighted by molar-refractivity contribution is -0.132. The lowest BCUT2D eigenvalue weighted by atomic mass is 9.88. The number of ketones is 2.